The van der Waals surface area contributed by atoms with Crippen LogP contribution in [0.3, 0.4) is 0 Å². The van der Waals surface area contributed by atoms with Crippen molar-refractivity contribution in [3.8, 4) is 11.5 Å². The molecule has 1 N–H and O–H groups in total. The molecular weight excluding hydrogens is 352 g/mol. The Morgan fingerprint density at radius 2 is 1.89 bits per heavy atom. The average Bonchev–Trinajstić information content (AvgIpc) is 3.20. The Morgan fingerprint density at radius 3 is 2.54 bits per heavy atom. The number of likely N-dealkylation sites (tertiary alicyclic amines) is 1. The number of hydrogen-bond donors (Lipinski definition) is 1. The molecule has 2 aliphatic rings. The fourth-order valence-electron chi connectivity index (χ4n) is 4.53. The molecule has 2 fully saturated rings. The minimum Gasteiger partial charge on any atom is -0.493 e. The maximum absolute atomic E-state index is 13.4. The number of para-hydroxylation sites is 1. The van der Waals surface area contributed by atoms with Crippen molar-refractivity contribution in [3.63, 3.8) is 0 Å². The Labute approximate surface area is 166 Å². The van der Waals surface area contributed by atoms with Gasteiger partial charge in [0.05, 0.1) is 19.6 Å². The summed E-state index contributed by atoms with van der Waals surface area (Å²) in [6.45, 7) is 3.04. The van der Waals surface area contributed by atoms with Crippen LogP contribution in [0.15, 0.2) is 48.5 Å². The van der Waals surface area contributed by atoms with Gasteiger partial charge in [0.2, 0.25) is 5.91 Å². The standard InChI is InChI=1S/C23H28N2O3/c1-27-20-10-6-9-19(21(20)28-2)18-11-12-25(14-18)22(26)23(15-24-16-23)13-17-7-4-3-5-8-17/h3-10,18,24H,11-16H2,1-2H3. The number of amides is 1. The molecule has 4 rings (SSSR count). The Bertz CT molecular complexity index is 833. The first kappa shape index (κ1) is 18.8. The minimum absolute atomic E-state index is 0.274. The SMILES string of the molecule is COc1cccc(C2CCN(C(=O)C3(Cc4ccccc4)CNC3)C2)c1OC. The van der Waals surface area contributed by atoms with E-state index in [1.54, 1.807) is 14.2 Å². The molecule has 0 spiro atoms. The van der Waals surface area contributed by atoms with Crippen molar-refractivity contribution >= 4 is 5.91 Å². The normalized spacial score (nSPS) is 20.5. The molecule has 5 nitrogen and oxygen atoms in total. The van der Waals surface area contributed by atoms with E-state index in [1.165, 1.54) is 5.56 Å². The van der Waals surface area contributed by atoms with Gasteiger partial charge in [-0.15, -0.1) is 0 Å². The van der Waals surface area contributed by atoms with Gasteiger partial charge in [0.1, 0.15) is 0 Å². The lowest BCUT2D eigenvalue weighted by molar-refractivity contribution is -0.144. The van der Waals surface area contributed by atoms with Gasteiger partial charge in [-0.05, 0) is 24.5 Å². The molecule has 0 saturated carbocycles. The lowest BCUT2D eigenvalue weighted by Gasteiger charge is -2.43. The first-order valence-electron chi connectivity index (χ1n) is 9.92. The molecule has 0 aliphatic carbocycles. The molecule has 2 aliphatic heterocycles. The van der Waals surface area contributed by atoms with E-state index in [0.29, 0.717) is 0 Å². The van der Waals surface area contributed by atoms with Crippen LogP contribution in [-0.2, 0) is 11.2 Å². The van der Waals surface area contributed by atoms with E-state index in [-0.39, 0.29) is 17.2 Å². The smallest absolute Gasteiger partial charge is 0.231 e. The highest BCUT2D eigenvalue weighted by molar-refractivity contribution is 5.85. The van der Waals surface area contributed by atoms with Gasteiger partial charge in [0.25, 0.3) is 0 Å². The highest BCUT2D eigenvalue weighted by Gasteiger charge is 2.47. The highest BCUT2D eigenvalue weighted by atomic mass is 16.5. The molecule has 2 aromatic rings. The Hall–Kier alpha value is -2.53. The van der Waals surface area contributed by atoms with Crippen LogP contribution < -0.4 is 14.8 Å². The van der Waals surface area contributed by atoms with Crippen molar-refractivity contribution in [2.24, 2.45) is 5.41 Å². The van der Waals surface area contributed by atoms with Crippen LogP contribution in [0.2, 0.25) is 0 Å². The predicted molar refractivity (Wildman–Crippen MR) is 109 cm³/mol. The number of carbonyl (C=O) groups excluding carboxylic acids is 1. The topological polar surface area (TPSA) is 50.8 Å². The number of hydrogen-bond acceptors (Lipinski definition) is 4. The van der Waals surface area contributed by atoms with Crippen LogP contribution in [0.4, 0.5) is 0 Å². The summed E-state index contributed by atoms with van der Waals surface area (Å²) in [6, 6.07) is 16.3. The Balaban J connectivity index is 1.50. The van der Waals surface area contributed by atoms with E-state index < -0.39 is 0 Å². The first-order chi connectivity index (χ1) is 13.7. The Morgan fingerprint density at radius 1 is 1.11 bits per heavy atom. The summed E-state index contributed by atoms with van der Waals surface area (Å²) in [7, 11) is 3.33. The number of carbonyl (C=O) groups is 1. The van der Waals surface area contributed by atoms with Crippen molar-refractivity contribution in [3.05, 3.63) is 59.7 Å². The van der Waals surface area contributed by atoms with Gasteiger partial charge in [0, 0.05) is 37.7 Å². The molecule has 0 aromatic heterocycles. The summed E-state index contributed by atoms with van der Waals surface area (Å²) in [4.78, 5) is 15.5. The number of nitrogens with one attached hydrogen (secondary N) is 1. The zero-order valence-electron chi connectivity index (χ0n) is 16.6. The van der Waals surface area contributed by atoms with Gasteiger partial charge in [-0.2, -0.15) is 0 Å². The lowest BCUT2D eigenvalue weighted by atomic mass is 9.75. The summed E-state index contributed by atoms with van der Waals surface area (Å²) < 4.78 is 11.1. The molecule has 28 heavy (non-hydrogen) atoms. The number of methoxy groups -OCH3 is 2. The zero-order chi connectivity index (χ0) is 19.6. The second-order valence-electron chi connectivity index (χ2n) is 7.87. The molecule has 0 bridgehead atoms. The number of rotatable bonds is 6. The first-order valence-corrected chi connectivity index (χ1v) is 9.92. The van der Waals surface area contributed by atoms with Gasteiger partial charge < -0.3 is 19.7 Å². The van der Waals surface area contributed by atoms with Crippen LogP contribution in [-0.4, -0.2) is 51.2 Å². The van der Waals surface area contributed by atoms with Crippen molar-refractivity contribution in [1.29, 1.82) is 0 Å². The van der Waals surface area contributed by atoms with Crippen LogP contribution >= 0.6 is 0 Å². The molecule has 1 atom stereocenters. The monoisotopic (exact) mass is 380 g/mol. The highest BCUT2D eigenvalue weighted by Crippen LogP contribution is 2.40. The van der Waals surface area contributed by atoms with Crippen molar-refractivity contribution in [2.75, 3.05) is 40.4 Å². The third kappa shape index (κ3) is 3.35. The Kier molecular flexibility index (Phi) is 5.27. The molecule has 0 radical (unpaired) electrons. The molecule has 2 aromatic carbocycles. The molecule has 1 amide bonds. The predicted octanol–water partition coefficient (Wildman–Crippen LogP) is 2.85. The summed E-state index contributed by atoms with van der Waals surface area (Å²) in [6.07, 6.45) is 1.74. The van der Waals surface area contributed by atoms with Crippen molar-refractivity contribution in [2.45, 2.75) is 18.8 Å². The van der Waals surface area contributed by atoms with Gasteiger partial charge in [-0.3, -0.25) is 4.79 Å². The molecular formula is C23H28N2O3. The molecule has 1 unspecified atom stereocenters. The van der Waals surface area contributed by atoms with E-state index in [4.69, 9.17) is 9.47 Å². The minimum atomic E-state index is -0.311. The lowest BCUT2D eigenvalue weighted by Crippen LogP contribution is -2.62. The third-order valence-corrected chi connectivity index (χ3v) is 6.11. The molecule has 148 valence electrons. The van der Waals surface area contributed by atoms with E-state index in [0.717, 1.165) is 56.1 Å². The van der Waals surface area contributed by atoms with Crippen LogP contribution in [0.1, 0.15) is 23.5 Å². The van der Waals surface area contributed by atoms with Crippen LogP contribution in [0.5, 0.6) is 11.5 Å². The van der Waals surface area contributed by atoms with E-state index >= 15 is 0 Å². The summed E-state index contributed by atoms with van der Waals surface area (Å²) >= 11 is 0. The van der Waals surface area contributed by atoms with Gasteiger partial charge in [-0.25, -0.2) is 0 Å². The fourth-order valence-corrected chi connectivity index (χ4v) is 4.53. The second-order valence-corrected chi connectivity index (χ2v) is 7.87. The van der Waals surface area contributed by atoms with Crippen LogP contribution in [0, 0.1) is 5.41 Å². The quantitative estimate of drug-likeness (QED) is 0.837. The third-order valence-electron chi connectivity index (χ3n) is 6.11. The number of ether oxygens (including phenoxy) is 2. The van der Waals surface area contributed by atoms with E-state index in [2.05, 4.69) is 23.5 Å². The molecule has 5 heteroatoms. The van der Waals surface area contributed by atoms with Gasteiger partial charge in [0.15, 0.2) is 11.5 Å². The van der Waals surface area contributed by atoms with E-state index in [9.17, 15) is 4.79 Å². The summed E-state index contributed by atoms with van der Waals surface area (Å²) in [5.74, 6) is 2.08. The van der Waals surface area contributed by atoms with Crippen molar-refractivity contribution < 1.29 is 14.3 Å². The van der Waals surface area contributed by atoms with Crippen molar-refractivity contribution in [1.82, 2.24) is 10.2 Å². The van der Waals surface area contributed by atoms with Gasteiger partial charge >= 0.3 is 0 Å². The number of nitrogens with zero attached hydrogens (tertiary/aromatic N) is 1. The summed E-state index contributed by atoms with van der Waals surface area (Å²) in [5, 5.41) is 3.32. The van der Waals surface area contributed by atoms with Gasteiger partial charge in [-0.1, -0.05) is 42.5 Å². The second kappa shape index (κ2) is 7.84. The molecule has 2 saturated heterocycles. The number of benzene rings is 2. The maximum atomic E-state index is 13.4. The summed E-state index contributed by atoms with van der Waals surface area (Å²) in [5.41, 5.74) is 2.04. The van der Waals surface area contributed by atoms with E-state index in [1.807, 2.05) is 35.2 Å². The average molecular weight is 380 g/mol. The largest absolute Gasteiger partial charge is 0.493 e. The van der Waals surface area contributed by atoms with Crippen LogP contribution in [0.25, 0.3) is 0 Å². The zero-order valence-corrected chi connectivity index (χ0v) is 16.6. The fraction of sp³-hybridized carbons (Fsp3) is 0.435. The molecule has 2 heterocycles. The maximum Gasteiger partial charge on any atom is 0.231 e.